The van der Waals surface area contributed by atoms with Crippen molar-refractivity contribution in [3.63, 3.8) is 0 Å². The summed E-state index contributed by atoms with van der Waals surface area (Å²) in [7, 11) is 0. The number of nitrogens with zero attached hydrogens (tertiary/aromatic N) is 4. The van der Waals surface area contributed by atoms with Crippen molar-refractivity contribution < 1.29 is 9.53 Å². The van der Waals surface area contributed by atoms with Gasteiger partial charge in [-0.3, -0.25) is 14.2 Å². The molecule has 0 saturated carbocycles. The maximum atomic E-state index is 13.4. The van der Waals surface area contributed by atoms with Crippen LogP contribution in [0.1, 0.15) is 30.5 Å². The fourth-order valence-corrected chi connectivity index (χ4v) is 4.40. The Hall–Kier alpha value is -4.14. The third-order valence-electron chi connectivity index (χ3n) is 6.10. The molecule has 1 atom stereocenters. The molecule has 9 nitrogen and oxygen atoms in total. The number of hydrogen-bond donors (Lipinski definition) is 1. The third-order valence-corrected chi connectivity index (χ3v) is 6.10. The molecule has 34 heavy (non-hydrogen) atoms. The van der Waals surface area contributed by atoms with Gasteiger partial charge in [0.15, 0.2) is 11.2 Å². The first-order valence-electron chi connectivity index (χ1n) is 11.3. The number of amides is 1. The van der Waals surface area contributed by atoms with Crippen molar-refractivity contribution >= 4 is 17.1 Å². The maximum absolute atomic E-state index is 13.4. The van der Waals surface area contributed by atoms with Gasteiger partial charge in [-0.15, -0.1) is 0 Å². The second-order valence-electron chi connectivity index (χ2n) is 8.24. The summed E-state index contributed by atoms with van der Waals surface area (Å²) >= 11 is 0. The lowest BCUT2D eigenvalue weighted by molar-refractivity contribution is -0.122. The molecule has 2 aromatic carbocycles. The second-order valence-corrected chi connectivity index (χ2v) is 8.24. The summed E-state index contributed by atoms with van der Waals surface area (Å²) in [6, 6.07) is 16.8. The van der Waals surface area contributed by atoms with Gasteiger partial charge in [0.2, 0.25) is 5.91 Å². The zero-order valence-corrected chi connectivity index (χ0v) is 18.8. The first-order chi connectivity index (χ1) is 16.6. The van der Waals surface area contributed by atoms with E-state index in [0.717, 1.165) is 21.4 Å². The fourth-order valence-electron chi connectivity index (χ4n) is 4.40. The number of hydrogen-bond acceptors (Lipinski definition) is 5. The highest BCUT2D eigenvalue weighted by molar-refractivity contribution is 5.77. The number of carbonyl (C=O) groups is 1. The first-order valence-corrected chi connectivity index (χ1v) is 11.3. The van der Waals surface area contributed by atoms with Gasteiger partial charge in [-0.05, 0) is 18.6 Å². The molecule has 1 aliphatic rings. The van der Waals surface area contributed by atoms with Crippen LogP contribution < -0.4 is 21.3 Å². The van der Waals surface area contributed by atoms with Crippen LogP contribution >= 0.6 is 0 Å². The van der Waals surface area contributed by atoms with Crippen LogP contribution in [0.15, 0.2) is 70.5 Å². The zero-order chi connectivity index (χ0) is 23.7. The van der Waals surface area contributed by atoms with Gasteiger partial charge < -0.3 is 14.6 Å². The molecule has 0 spiro atoms. The predicted octanol–water partition coefficient (Wildman–Crippen LogP) is 2.07. The molecule has 4 aromatic rings. The van der Waals surface area contributed by atoms with Gasteiger partial charge in [0.25, 0.3) is 5.56 Å². The second kappa shape index (κ2) is 9.01. The number of aromatic nitrogens is 4. The van der Waals surface area contributed by atoms with Gasteiger partial charge in [-0.1, -0.05) is 48.5 Å². The molecule has 174 valence electrons. The van der Waals surface area contributed by atoms with Crippen molar-refractivity contribution in [2.75, 3.05) is 6.61 Å². The third kappa shape index (κ3) is 3.89. The summed E-state index contributed by atoms with van der Waals surface area (Å²) in [5.74, 6) is 0.323. The number of benzene rings is 2. The van der Waals surface area contributed by atoms with Crippen LogP contribution in [0.3, 0.4) is 0 Å². The van der Waals surface area contributed by atoms with E-state index in [-0.39, 0.29) is 19.1 Å². The number of ether oxygens (including phenoxy) is 1. The summed E-state index contributed by atoms with van der Waals surface area (Å²) in [6.45, 7) is 2.75. The van der Waals surface area contributed by atoms with E-state index in [1.807, 2.05) is 61.5 Å². The van der Waals surface area contributed by atoms with Crippen LogP contribution in [0.25, 0.3) is 11.2 Å². The van der Waals surface area contributed by atoms with Gasteiger partial charge >= 0.3 is 5.69 Å². The summed E-state index contributed by atoms with van der Waals surface area (Å²) < 4.78 is 9.81. The quantitative estimate of drug-likeness (QED) is 0.476. The van der Waals surface area contributed by atoms with E-state index in [2.05, 4.69) is 10.3 Å². The number of para-hydroxylation sites is 1. The van der Waals surface area contributed by atoms with Crippen LogP contribution in [0.5, 0.6) is 5.75 Å². The minimum absolute atomic E-state index is 0.242. The monoisotopic (exact) mass is 459 g/mol. The van der Waals surface area contributed by atoms with Crippen LogP contribution in [-0.2, 0) is 24.4 Å². The van der Waals surface area contributed by atoms with E-state index in [1.54, 1.807) is 10.9 Å². The Morgan fingerprint density at radius 1 is 1.09 bits per heavy atom. The van der Waals surface area contributed by atoms with Crippen LogP contribution in [0.4, 0.5) is 0 Å². The summed E-state index contributed by atoms with van der Waals surface area (Å²) in [5.41, 5.74) is 1.32. The largest absolute Gasteiger partial charge is 0.493 e. The van der Waals surface area contributed by atoms with Gasteiger partial charge in [0.05, 0.1) is 25.5 Å². The minimum Gasteiger partial charge on any atom is -0.493 e. The number of carbonyl (C=O) groups excluding carboxylic acids is 1. The lowest BCUT2D eigenvalue weighted by Crippen LogP contribution is -2.45. The molecule has 0 saturated heterocycles. The molecule has 1 N–H and O–H groups in total. The average Bonchev–Trinajstić information content (AvgIpc) is 3.30. The molecule has 2 aromatic heterocycles. The van der Waals surface area contributed by atoms with Crippen molar-refractivity contribution in [1.29, 1.82) is 0 Å². The molecule has 0 radical (unpaired) electrons. The molecule has 1 aliphatic heterocycles. The maximum Gasteiger partial charge on any atom is 0.333 e. The highest BCUT2D eigenvalue weighted by atomic mass is 16.5. The molecule has 1 unspecified atom stereocenters. The highest BCUT2D eigenvalue weighted by Gasteiger charge is 2.24. The standard InChI is InChI=1S/C25H25N5O4/c1-2-28-16-26-23-22(28)24(32)30(25(33)29(23)14-17-8-4-3-5-9-17)15-21(31)27-19-12-13-34-20-11-7-6-10-18(19)20/h3-11,16,19H,2,12-15H2,1H3,(H,27,31). The van der Waals surface area contributed by atoms with Gasteiger partial charge in [0.1, 0.15) is 12.3 Å². The number of fused-ring (bicyclic) bond motifs is 2. The van der Waals surface area contributed by atoms with Crippen molar-refractivity contribution in [3.05, 3.63) is 92.9 Å². The van der Waals surface area contributed by atoms with Gasteiger partial charge in [-0.25, -0.2) is 14.3 Å². The van der Waals surface area contributed by atoms with E-state index >= 15 is 0 Å². The van der Waals surface area contributed by atoms with Crippen LogP contribution in [-0.4, -0.2) is 31.2 Å². The molecule has 0 bridgehead atoms. The summed E-state index contributed by atoms with van der Waals surface area (Å²) in [5, 5.41) is 2.97. The van der Waals surface area contributed by atoms with Crippen molar-refractivity contribution in [1.82, 2.24) is 24.0 Å². The Kier molecular flexibility index (Phi) is 5.75. The van der Waals surface area contributed by atoms with Crippen molar-refractivity contribution in [3.8, 4) is 5.75 Å². The zero-order valence-electron chi connectivity index (χ0n) is 18.8. The molecule has 0 aliphatic carbocycles. The summed E-state index contributed by atoms with van der Waals surface area (Å²) in [6.07, 6.45) is 2.16. The number of nitrogens with one attached hydrogen (secondary N) is 1. The Morgan fingerprint density at radius 3 is 2.65 bits per heavy atom. The Bertz CT molecular complexity index is 1470. The fraction of sp³-hybridized carbons (Fsp3) is 0.280. The van der Waals surface area contributed by atoms with Crippen molar-refractivity contribution in [2.24, 2.45) is 0 Å². The molecule has 1 amide bonds. The predicted molar refractivity (Wildman–Crippen MR) is 127 cm³/mol. The molecule has 0 fully saturated rings. The van der Waals surface area contributed by atoms with Gasteiger partial charge in [0, 0.05) is 18.5 Å². The highest BCUT2D eigenvalue weighted by Crippen LogP contribution is 2.31. The molecular weight excluding hydrogens is 434 g/mol. The number of imidazole rings is 1. The van der Waals surface area contributed by atoms with E-state index in [0.29, 0.717) is 30.7 Å². The van der Waals surface area contributed by atoms with E-state index < -0.39 is 17.2 Å². The number of rotatable bonds is 6. The molecule has 3 heterocycles. The molecule has 9 heteroatoms. The normalized spacial score (nSPS) is 15.0. The van der Waals surface area contributed by atoms with E-state index in [1.165, 1.54) is 4.57 Å². The van der Waals surface area contributed by atoms with Crippen LogP contribution in [0, 0.1) is 0 Å². The lowest BCUT2D eigenvalue weighted by atomic mass is 10.0. The topological polar surface area (TPSA) is 100 Å². The Balaban J connectivity index is 1.51. The minimum atomic E-state index is -0.565. The SMILES string of the molecule is CCn1cnc2c1c(=O)n(CC(=O)NC1CCOc3ccccc31)c(=O)n2Cc1ccccc1. The number of aryl methyl sites for hydroxylation is 1. The Labute approximate surface area is 195 Å². The average molecular weight is 460 g/mol. The van der Waals surface area contributed by atoms with Crippen LogP contribution in [0.2, 0.25) is 0 Å². The molecular formula is C25H25N5O4. The van der Waals surface area contributed by atoms with E-state index in [9.17, 15) is 14.4 Å². The molecule has 5 rings (SSSR count). The van der Waals surface area contributed by atoms with Crippen molar-refractivity contribution in [2.45, 2.75) is 39.0 Å². The van der Waals surface area contributed by atoms with E-state index in [4.69, 9.17) is 4.74 Å². The summed E-state index contributed by atoms with van der Waals surface area (Å²) in [4.78, 5) is 44.1. The lowest BCUT2D eigenvalue weighted by Gasteiger charge is -2.26. The smallest absolute Gasteiger partial charge is 0.333 e. The first kappa shape index (κ1) is 21.7. The van der Waals surface area contributed by atoms with Gasteiger partial charge in [-0.2, -0.15) is 0 Å². The Morgan fingerprint density at radius 2 is 1.85 bits per heavy atom.